The first-order valence-electron chi connectivity index (χ1n) is 7.85. The van der Waals surface area contributed by atoms with Crippen LogP contribution in [0.3, 0.4) is 0 Å². The SMILES string of the molecule is CCCNc1cc(CN2CC3CCC(O)C3C2)ccn1. The van der Waals surface area contributed by atoms with Crippen LogP contribution in [0, 0.1) is 11.8 Å². The third kappa shape index (κ3) is 2.96. The summed E-state index contributed by atoms with van der Waals surface area (Å²) >= 11 is 0. The highest BCUT2D eigenvalue weighted by Gasteiger charge is 2.41. The third-order valence-corrected chi connectivity index (χ3v) is 4.68. The van der Waals surface area contributed by atoms with Gasteiger partial charge in [-0.05, 0) is 42.9 Å². The number of aliphatic hydroxyl groups excluding tert-OH is 1. The fourth-order valence-electron chi connectivity index (χ4n) is 3.64. The molecule has 4 nitrogen and oxygen atoms in total. The Kier molecular flexibility index (Phi) is 4.22. The van der Waals surface area contributed by atoms with Gasteiger partial charge in [-0.2, -0.15) is 0 Å². The van der Waals surface area contributed by atoms with Crippen molar-refractivity contribution in [3.63, 3.8) is 0 Å². The second-order valence-electron chi connectivity index (χ2n) is 6.24. The second-order valence-corrected chi connectivity index (χ2v) is 6.24. The minimum atomic E-state index is -0.0655. The first-order chi connectivity index (χ1) is 9.76. The predicted octanol–water partition coefficient (Wildman–Crippen LogP) is 2.11. The van der Waals surface area contributed by atoms with Crippen LogP contribution < -0.4 is 5.32 Å². The summed E-state index contributed by atoms with van der Waals surface area (Å²) in [7, 11) is 0. The molecule has 3 atom stereocenters. The molecule has 1 saturated carbocycles. The van der Waals surface area contributed by atoms with Crippen molar-refractivity contribution < 1.29 is 5.11 Å². The highest BCUT2D eigenvalue weighted by atomic mass is 16.3. The number of anilines is 1. The number of pyridine rings is 1. The lowest BCUT2D eigenvalue weighted by Crippen LogP contribution is -2.24. The maximum Gasteiger partial charge on any atom is 0.126 e. The van der Waals surface area contributed by atoms with Gasteiger partial charge in [0.05, 0.1) is 6.10 Å². The molecule has 0 bridgehead atoms. The number of aliphatic hydroxyl groups is 1. The molecule has 20 heavy (non-hydrogen) atoms. The molecule has 1 aromatic heterocycles. The number of nitrogens with zero attached hydrogens (tertiary/aromatic N) is 2. The standard InChI is InChI=1S/C16H25N3O/c1-2-6-17-16-8-12(5-7-18-16)9-19-10-13-3-4-15(20)14(13)11-19/h5,7-8,13-15,20H,2-4,6,9-11H2,1H3,(H,17,18). The molecule has 0 spiro atoms. The fraction of sp³-hybridized carbons (Fsp3) is 0.688. The summed E-state index contributed by atoms with van der Waals surface area (Å²) < 4.78 is 0. The lowest BCUT2D eigenvalue weighted by molar-refractivity contribution is 0.123. The summed E-state index contributed by atoms with van der Waals surface area (Å²) in [4.78, 5) is 6.83. The number of likely N-dealkylation sites (tertiary alicyclic amines) is 1. The van der Waals surface area contributed by atoms with Gasteiger partial charge in [-0.3, -0.25) is 4.90 Å². The van der Waals surface area contributed by atoms with Gasteiger partial charge in [-0.25, -0.2) is 4.98 Å². The molecule has 1 aliphatic carbocycles. The van der Waals surface area contributed by atoms with Crippen molar-refractivity contribution >= 4 is 5.82 Å². The van der Waals surface area contributed by atoms with Crippen LogP contribution >= 0.6 is 0 Å². The molecule has 0 radical (unpaired) electrons. The van der Waals surface area contributed by atoms with Gasteiger partial charge in [-0.1, -0.05) is 6.92 Å². The Morgan fingerprint density at radius 2 is 2.30 bits per heavy atom. The molecule has 1 aromatic rings. The molecule has 1 saturated heterocycles. The quantitative estimate of drug-likeness (QED) is 0.864. The summed E-state index contributed by atoms with van der Waals surface area (Å²) in [5, 5.41) is 13.3. The average molecular weight is 275 g/mol. The van der Waals surface area contributed by atoms with Gasteiger partial charge in [0.25, 0.3) is 0 Å². The summed E-state index contributed by atoms with van der Waals surface area (Å²) in [6.45, 7) is 6.29. The molecule has 110 valence electrons. The second kappa shape index (κ2) is 6.10. The van der Waals surface area contributed by atoms with Gasteiger partial charge in [0.1, 0.15) is 5.82 Å². The molecular formula is C16H25N3O. The fourth-order valence-corrected chi connectivity index (χ4v) is 3.64. The Hall–Kier alpha value is -1.13. The molecule has 2 N–H and O–H groups in total. The summed E-state index contributed by atoms with van der Waals surface area (Å²) in [6, 6.07) is 4.25. The largest absolute Gasteiger partial charge is 0.393 e. The van der Waals surface area contributed by atoms with E-state index in [4.69, 9.17) is 0 Å². The van der Waals surface area contributed by atoms with E-state index in [2.05, 4.69) is 34.3 Å². The van der Waals surface area contributed by atoms with Crippen molar-refractivity contribution in [1.82, 2.24) is 9.88 Å². The van der Waals surface area contributed by atoms with Crippen molar-refractivity contribution in [2.75, 3.05) is 25.0 Å². The molecule has 1 aliphatic heterocycles. The lowest BCUT2D eigenvalue weighted by atomic mass is 10.00. The van der Waals surface area contributed by atoms with Crippen LogP contribution in [0.25, 0.3) is 0 Å². The zero-order chi connectivity index (χ0) is 13.9. The van der Waals surface area contributed by atoms with E-state index < -0.39 is 0 Å². The average Bonchev–Trinajstić information content (AvgIpc) is 2.99. The summed E-state index contributed by atoms with van der Waals surface area (Å²) in [5.74, 6) is 2.20. The highest BCUT2D eigenvalue weighted by molar-refractivity contribution is 5.37. The number of aromatic nitrogens is 1. The maximum atomic E-state index is 9.98. The first-order valence-corrected chi connectivity index (χ1v) is 7.85. The maximum absolute atomic E-state index is 9.98. The number of fused-ring (bicyclic) bond motifs is 1. The Balaban J connectivity index is 1.58. The van der Waals surface area contributed by atoms with Crippen LogP contribution in [0.2, 0.25) is 0 Å². The van der Waals surface area contributed by atoms with Gasteiger partial charge in [-0.15, -0.1) is 0 Å². The zero-order valence-corrected chi connectivity index (χ0v) is 12.3. The molecule has 2 heterocycles. The van der Waals surface area contributed by atoms with E-state index in [1.807, 2.05) is 6.20 Å². The molecule has 2 fully saturated rings. The van der Waals surface area contributed by atoms with Gasteiger partial charge in [0.2, 0.25) is 0 Å². The topological polar surface area (TPSA) is 48.4 Å². The van der Waals surface area contributed by atoms with Crippen LogP contribution in [0.1, 0.15) is 31.7 Å². The normalized spacial score (nSPS) is 29.6. The van der Waals surface area contributed by atoms with E-state index in [9.17, 15) is 5.11 Å². The third-order valence-electron chi connectivity index (χ3n) is 4.68. The number of hydrogen-bond acceptors (Lipinski definition) is 4. The molecule has 2 aliphatic rings. The first kappa shape index (κ1) is 13.8. The predicted molar refractivity (Wildman–Crippen MR) is 80.5 cm³/mol. The smallest absolute Gasteiger partial charge is 0.126 e. The van der Waals surface area contributed by atoms with E-state index in [-0.39, 0.29) is 6.10 Å². The lowest BCUT2D eigenvalue weighted by Gasteiger charge is -2.18. The summed E-state index contributed by atoms with van der Waals surface area (Å²) in [5.41, 5.74) is 1.31. The van der Waals surface area contributed by atoms with Gasteiger partial charge in [0, 0.05) is 38.3 Å². The van der Waals surface area contributed by atoms with Crippen LogP contribution in [0.5, 0.6) is 0 Å². The van der Waals surface area contributed by atoms with Crippen molar-refractivity contribution in [3.8, 4) is 0 Å². The molecule has 0 aromatic carbocycles. The monoisotopic (exact) mass is 275 g/mol. The van der Waals surface area contributed by atoms with Gasteiger partial charge >= 0.3 is 0 Å². The molecule has 0 amide bonds. The van der Waals surface area contributed by atoms with Crippen LogP contribution in [-0.2, 0) is 6.54 Å². The van der Waals surface area contributed by atoms with E-state index in [0.29, 0.717) is 11.8 Å². The van der Waals surface area contributed by atoms with Crippen molar-refractivity contribution in [1.29, 1.82) is 0 Å². The van der Waals surface area contributed by atoms with Gasteiger partial charge in [0.15, 0.2) is 0 Å². The zero-order valence-electron chi connectivity index (χ0n) is 12.3. The summed E-state index contributed by atoms with van der Waals surface area (Å²) in [6.07, 6.45) is 5.13. The highest BCUT2D eigenvalue weighted by Crippen LogP contribution is 2.38. The van der Waals surface area contributed by atoms with Crippen molar-refractivity contribution in [2.24, 2.45) is 11.8 Å². The Labute approximate surface area is 121 Å². The number of nitrogens with one attached hydrogen (secondary N) is 1. The minimum Gasteiger partial charge on any atom is -0.393 e. The van der Waals surface area contributed by atoms with E-state index in [1.54, 1.807) is 0 Å². The Morgan fingerprint density at radius 1 is 1.40 bits per heavy atom. The number of hydrogen-bond donors (Lipinski definition) is 2. The van der Waals surface area contributed by atoms with Crippen LogP contribution in [0.4, 0.5) is 5.82 Å². The van der Waals surface area contributed by atoms with E-state index in [0.717, 1.165) is 44.8 Å². The minimum absolute atomic E-state index is 0.0655. The molecular weight excluding hydrogens is 250 g/mol. The van der Waals surface area contributed by atoms with Crippen LogP contribution in [-0.4, -0.2) is 40.7 Å². The van der Waals surface area contributed by atoms with Crippen molar-refractivity contribution in [3.05, 3.63) is 23.9 Å². The van der Waals surface area contributed by atoms with E-state index >= 15 is 0 Å². The molecule has 3 rings (SSSR count). The molecule has 3 unspecified atom stereocenters. The Bertz CT molecular complexity index is 451. The number of rotatable bonds is 5. The van der Waals surface area contributed by atoms with Gasteiger partial charge < -0.3 is 10.4 Å². The van der Waals surface area contributed by atoms with Crippen molar-refractivity contribution in [2.45, 2.75) is 38.8 Å². The Morgan fingerprint density at radius 3 is 3.10 bits per heavy atom. The van der Waals surface area contributed by atoms with Crippen LogP contribution in [0.15, 0.2) is 18.3 Å². The molecule has 4 heteroatoms. The van der Waals surface area contributed by atoms with E-state index in [1.165, 1.54) is 12.0 Å².